The Kier molecular flexibility index (Phi) is 2.82. The standard InChI is InChI=1S/C18H15NOS/c1-11-6-7-15-17(8-11)21-18(19-15)14-9-12-4-2-3-5-13(12)10-16(14)20/h2-7,9-11,20H,8H2,1H3. The van der Waals surface area contributed by atoms with Crippen molar-refractivity contribution in [1.29, 1.82) is 0 Å². The maximum atomic E-state index is 10.3. The van der Waals surface area contributed by atoms with Gasteiger partial charge in [-0.05, 0) is 41.3 Å². The van der Waals surface area contributed by atoms with Crippen LogP contribution in [-0.2, 0) is 6.42 Å². The van der Waals surface area contributed by atoms with E-state index in [9.17, 15) is 5.11 Å². The third-order valence-electron chi connectivity index (χ3n) is 3.91. The van der Waals surface area contributed by atoms with Gasteiger partial charge in [-0.15, -0.1) is 11.3 Å². The number of hydrogen-bond acceptors (Lipinski definition) is 3. The highest BCUT2D eigenvalue weighted by molar-refractivity contribution is 7.15. The summed E-state index contributed by atoms with van der Waals surface area (Å²) >= 11 is 1.69. The monoisotopic (exact) mass is 293 g/mol. The van der Waals surface area contributed by atoms with Crippen LogP contribution in [0.5, 0.6) is 5.75 Å². The molecule has 4 rings (SSSR count). The van der Waals surface area contributed by atoms with Gasteiger partial charge >= 0.3 is 0 Å². The molecule has 1 aromatic heterocycles. The molecule has 2 aromatic carbocycles. The van der Waals surface area contributed by atoms with E-state index in [0.717, 1.165) is 33.5 Å². The van der Waals surface area contributed by atoms with E-state index >= 15 is 0 Å². The fraction of sp³-hybridized carbons (Fsp3) is 0.167. The molecule has 3 heteroatoms. The van der Waals surface area contributed by atoms with Gasteiger partial charge in [0.1, 0.15) is 10.8 Å². The van der Waals surface area contributed by atoms with Gasteiger partial charge in [0.25, 0.3) is 0 Å². The number of phenols is 1. The molecule has 1 atom stereocenters. The number of fused-ring (bicyclic) bond motifs is 2. The average molecular weight is 293 g/mol. The van der Waals surface area contributed by atoms with E-state index < -0.39 is 0 Å². The summed E-state index contributed by atoms with van der Waals surface area (Å²) in [5, 5.41) is 13.4. The van der Waals surface area contributed by atoms with Crippen LogP contribution in [0, 0.1) is 5.92 Å². The summed E-state index contributed by atoms with van der Waals surface area (Å²) < 4.78 is 0. The number of allylic oxidation sites excluding steroid dienone is 1. The maximum absolute atomic E-state index is 10.3. The molecule has 3 aromatic rings. The summed E-state index contributed by atoms with van der Waals surface area (Å²) in [5.41, 5.74) is 1.88. The van der Waals surface area contributed by atoms with E-state index in [1.54, 1.807) is 11.3 Å². The topological polar surface area (TPSA) is 33.1 Å². The Morgan fingerprint density at radius 2 is 1.95 bits per heavy atom. The van der Waals surface area contributed by atoms with Gasteiger partial charge in [-0.25, -0.2) is 4.98 Å². The number of rotatable bonds is 1. The lowest BCUT2D eigenvalue weighted by atomic mass is 10.0. The lowest BCUT2D eigenvalue weighted by molar-refractivity contribution is 0.478. The van der Waals surface area contributed by atoms with E-state index in [1.807, 2.05) is 30.3 Å². The predicted octanol–water partition coefficient (Wildman–Crippen LogP) is 4.87. The Morgan fingerprint density at radius 1 is 1.19 bits per heavy atom. The minimum absolute atomic E-state index is 0.303. The zero-order valence-corrected chi connectivity index (χ0v) is 12.5. The number of nitrogens with zero attached hydrogens (tertiary/aromatic N) is 1. The lowest BCUT2D eigenvalue weighted by Crippen LogP contribution is -1.99. The smallest absolute Gasteiger partial charge is 0.128 e. The van der Waals surface area contributed by atoms with Gasteiger partial charge in [0.2, 0.25) is 0 Å². The van der Waals surface area contributed by atoms with Gasteiger partial charge in [-0.3, -0.25) is 0 Å². The molecular weight excluding hydrogens is 278 g/mol. The van der Waals surface area contributed by atoms with E-state index in [0.29, 0.717) is 11.7 Å². The molecule has 1 unspecified atom stereocenters. The minimum atomic E-state index is 0.303. The van der Waals surface area contributed by atoms with Crippen molar-refractivity contribution in [2.45, 2.75) is 13.3 Å². The van der Waals surface area contributed by atoms with Gasteiger partial charge in [-0.2, -0.15) is 0 Å². The van der Waals surface area contributed by atoms with E-state index in [4.69, 9.17) is 4.98 Å². The summed E-state index contributed by atoms with van der Waals surface area (Å²) in [4.78, 5) is 6.01. The quantitative estimate of drug-likeness (QED) is 0.694. The minimum Gasteiger partial charge on any atom is -0.507 e. The van der Waals surface area contributed by atoms with Gasteiger partial charge in [0.15, 0.2) is 0 Å². The molecule has 1 N–H and O–H groups in total. The maximum Gasteiger partial charge on any atom is 0.128 e. The van der Waals surface area contributed by atoms with Crippen LogP contribution < -0.4 is 0 Å². The molecule has 0 fully saturated rings. The number of phenolic OH excluding ortho intramolecular Hbond substituents is 1. The van der Waals surface area contributed by atoms with E-state index in [-0.39, 0.29) is 0 Å². The van der Waals surface area contributed by atoms with Gasteiger partial charge < -0.3 is 5.11 Å². The third-order valence-corrected chi connectivity index (χ3v) is 5.04. The molecule has 1 aliphatic carbocycles. The fourth-order valence-electron chi connectivity index (χ4n) is 2.77. The molecule has 1 heterocycles. The Labute approximate surface area is 127 Å². The van der Waals surface area contributed by atoms with Gasteiger partial charge in [0.05, 0.1) is 11.3 Å². The second kappa shape index (κ2) is 4.71. The second-order valence-electron chi connectivity index (χ2n) is 5.58. The first-order chi connectivity index (χ1) is 10.2. The molecule has 0 amide bonds. The molecule has 0 spiro atoms. The lowest BCUT2D eigenvalue weighted by Gasteiger charge is -2.08. The number of benzene rings is 2. The van der Waals surface area contributed by atoms with Crippen molar-refractivity contribution in [2.24, 2.45) is 5.92 Å². The van der Waals surface area contributed by atoms with Crippen LogP contribution in [-0.4, -0.2) is 10.1 Å². The zero-order valence-electron chi connectivity index (χ0n) is 11.7. The summed E-state index contributed by atoms with van der Waals surface area (Å²) in [5.74, 6) is 0.868. The van der Waals surface area contributed by atoms with Crippen LogP contribution in [0.3, 0.4) is 0 Å². The molecule has 2 nitrogen and oxygen atoms in total. The van der Waals surface area contributed by atoms with Crippen molar-refractivity contribution in [2.75, 3.05) is 0 Å². The molecule has 21 heavy (non-hydrogen) atoms. The van der Waals surface area contributed by atoms with E-state index in [2.05, 4.69) is 25.1 Å². The normalized spacial score (nSPS) is 17.1. The van der Waals surface area contributed by atoms with Crippen LogP contribution in [0.4, 0.5) is 0 Å². The number of thiazole rings is 1. The number of hydrogen-bond donors (Lipinski definition) is 1. The Hall–Kier alpha value is -2.13. The van der Waals surface area contributed by atoms with Crippen molar-refractivity contribution in [3.63, 3.8) is 0 Å². The second-order valence-corrected chi connectivity index (χ2v) is 6.67. The first kappa shape index (κ1) is 12.6. The van der Waals surface area contributed by atoms with Crippen LogP contribution in [0.2, 0.25) is 0 Å². The highest BCUT2D eigenvalue weighted by Crippen LogP contribution is 2.38. The molecule has 0 radical (unpaired) electrons. The molecule has 104 valence electrons. The Bertz CT molecular complexity index is 863. The first-order valence-electron chi connectivity index (χ1n) is 7.11. The van der Waals surface area contributed by atoms with Gasteiger partial charge in [-0.1, -0.05) is 37.3 Å². The third kappa shape index (κ3) is 2.14. The Balaban J connectivity index is 1.87. The van der Waals surface area contributed by atoms with Crippen LogP contribution >= 0.6 is 11.3 Å². The molecule has 1 aliphatic rings. The van der Waals surface area contributed by atoms with Crippen molar-refractivity contribution < 1.29 is 5.11 Å². The van der Waals surface area contributed by atoms with Crippen molar-refractivity contribution in [3.05, 3.63) is 53.0 Å². The van der Waals surface area contributed by atoms with Crippen molar-refractivity contribution >= 4 is 28.2 Å². The zero-order chi connectivity index (χ0) is 14.4. The Morgan fingerprint density at radius 3 is 2.76 bits per heavy atom. The van der Waals surface area contributed by atoms with Gasteiger partial charge in [0, 0.05) is 4.88 Å². The van der Waals surface area contributed by atoms with Crippen LogP contribution in [0.25, 0.3) is 27.4 Å². The molecule has 0 aliphatic heterocycles. The number of aromatic nitrogens is 1. The summed E-state index contributed by atoms with van der Waals surface area (Å²) in [6, 6.07) is 11.9. The number of aromatic hydroxyl groups is 1. The average Bonchev–Trinajstić information content (AvgIpc) is 2.89. The molecule has 0 saturated heterocycles. The molecule has 0 bridgehead atoms. The van der Waals surface area contributed by atoms with Crippen LogP contribution in [0.15, 0.2) is 42.5 Å². The predicted molar refractivity (Wildman–Crippen MR) is 88.6 cm³/mol. The summed E-state index contributed by atoms with van der Waals surface area (Å²) in [6.07, 6.45) is 5.34. The SMILES string of the molecule is CC1C=Cc2nc(-c3cc4ccccc4cc3O)sc2C1. The fourth-order valence-corrected chi connectivity index (χ4v) is 3.99. The van der Waals surface area contributed by atoms with Crippen molar-refractivity contribution in [3.8, 4) is 16.3 Å². The molecular formula is C18H15NOS. The summed E-state index contributed by atoms with van der Waals surface area (Å²) in [6.45, 7) is 2.21. The van der Waals surface area contributed by atoms with Crippen LogP contribution in [0.1, 0.15) is 17.5 Å². The largest absolute Gasteiger partial charge is 0.507 e. The summed E-state index contributed by atoms with van der Waals surface area (Å²) in [7, 11) is 0. The molecule has 0 saturated carbocycles. The van der Waals surface area contributed by atoms with Crippen molar-refractivity contribution in [1.82, 2.24) is 4.98 Å². The first-order valence-corrected chi connectivity index (χ1v) is 7.92. The highest BCUT2D eigenvalue weighted by atomic mass is 32.1. The van der Waals surface area contributed by atoms with E-state index in [1.165, 1.54) is 4.88 Å². The highest BCUT2D eigenvalue weighted by Gasteiger charge is 2.18.